The lowest BCUT2D eigenvalue weighted by atomic mass is 10.1. The Morgan fingerprint density at radius 1 is 1.36 bits per heavy atom. The highest BCUT2D eigenvalue weighted by molar-refractivity contribution is 5.90. The molecule has 116 valence electrons. The lowest BCUT2D eigenvalue weighted by Crippen LogP contribution is -2.42. The highest BCUT2D eigenvalue weighted by atomic mass is 16.6. The van der Waals surface area contributed by atoms with Crippen molar-refractivity contribution < 1.29 is 19.1 Å². The number of hydrogen-bond acceptors (Lipinski definition) is 4. The molecule has 2 aliphatic rings. The molecule has 0 saturated carbocycles. The molecule has 3 rings (SSSR count). The number of benzene rings is 1. The van der Waals surface area contributed by atoms with Crippen LogP contribution in [0, 0.1) is 0 Å². The number of cyclic esters (lactones) is 1. The molecule has 5 nitrogen and oxygen atoms in total. The van der Waals surface area contributed by atoms with Crippen molar-refractivity contribution in [3.63, 3.8) is 0 Å². The van der Waals surface area contributed by atoms with Crippen LogP contribution in [0.1, 0.15) is 25.3 Å². The third kappa shape index (κ3) is 2.98. The Bertz CT molecular complexity index is 596. The van der Waals surface area contributed by atoms with Crippen molar-refractivity contribution >= 4 is 12.1 Å². The zero-order chi connectivity index (χ0) is 15.5. The first-order valence-electron chi connectivity index (χ1n) is 7.52. The van der Waals surface area contributed by atoms with E-state index in [0.717, 1.165) is 18.4 Å². The number of amides is 1. The van der Waals surface area contributed by atoms with Gasteiger partial charge in [0.15, 0.2) is 0 Å². The molecule has 1 aromatic rings. The molecule has 1 amide bonds. The molecule has 0 radical (unpaired) electrons. The minimum atomic E-state index is -0.348. The second kappa shape index (κ2) is 6.22. The van der Waals surface area contributed by atoms with Crippen LogP contribution in [-0.4, -0.2) is 35.7 Å². The van der Waals surface area contributed by atoms with E-state index in [-0.39, 0.29) is 30.8 Å². The van der Waals surface area contributed by atoms with E-state index in [1.165, 1.54) is 0 Å². The van der Waals surface area contributed by atoms with E-state index >= 15 is 0 Å². The summed E-state index contributed by atoms with van der Waals surface area (Å²) >= 11 is 0. The molecule has 22 heavy (non-hydrogen) atoms. The van der Waals surface area contributed by atoms with E-state index in [1.54, 1.807) is 17.9 Å². The lowest BCUT2D eigenvalue weighted by molar-refractivity contribution is -0.141. The number of likely N-dealkylation sites (tertiary alicyclic amines) is 1. The monoisotopic (exact) mass is 301 g/mol. The average molecular weight is 301 g/mol. The molecule has 1 aromatic carbocycles. The van der Waals surface area contributed by atoms with Crippen molar-refractivity contribution in [1.82, 2.24) is 4.90 Å². The summed E-state index contributed by atoms with van der Waals surface area (Å²) < 4.78 is 10.7. The Labute approximate surface area is 129 Å². The van der Waals surface area contributed by atoms with Crippen LogP contribution < -0.4 is 0 Å². The summed E-state index contributed by atoms with van der Waals surface area (Å²) in [5.74, 6) is -0.297. The Hall–Kier alpha value is -2.30. The van der Waals surface area contributed by atoms with Crippen molar-refractivity contribution in [3.05, 3.63) is 47.5 Å². The number of ether oxygens (including phenoxy) is 2. The van der Waals surface area contributed by atoms with Crippen molar-refractivity contribution in [1.29, 1.82) is 0 Å². The molecule has 0 aromatic heterocycles. The fourth-order valence-electron chi connectivity index (χ4n) is 2.92. The molecule has 0 bridgehead atoms. The zero-order valence-corrected chi connectivity index (χ0v) is 12.5. The first kappa shape index (κ1) is 14.6. The number of esters is 1. The van der Waals surface area contributed by atoms with Gasteiger partial charge in [-0.15, -0.1) is 0 Å². The van der Waals surface area contributed by atoms with Crippen molar-refractivity contribution in [2.45, 2.75) is 38.5 Å². The normalized spacial score (nSPS) is 24.1. The largest absolute Gasteiger partial charge is 0.453 e. The first-order valence-corrected chi connectivity index (χ1v) is 7.52. The molecular weight excluding hydrogens is 282 g/mol. The second-order valence-electron chi connectivity index (χ2n) is 5.66. The highest BCUT2D eigenvalue weighted by Gasteiger charge is 2.39. The maximum absolute atomic E-state index is 12.3. The quantitative estimate of drug-likeness (QED) is 0.805. The molecule has 0 N–H and O–H groups in total. The van der Waals surface area contributed by atoms with Crippen LogP contribution in [0.3, 0.4) is 0 Å². The molecular formula is C17H19NO4. The maximum atomic E-state index is 12.3. The molecule has 0 unspecified atom stereocenters. The molecule has 2 aliphatic heterocycles. The van der Waals surface area contributed by atoms with Gasteiger partial charge in [-0.2, -0.15) is 0 Å². The summed E-state index contributed by atoms with van der Waals surface area (Å²) in [6, 6.07) is 9.45. The number of nitrogens with zero attached hydrogens (tertiary/aromatic N) is 1. The van der Waals surface area contributed by atoms with Gasteiger partial charge in [-0.25, -0.2) is 9.59 Å². The Balaban J connectivity index is 1.61. The summed E-state index contributed by atoms with van der Waals surface area (Å²) in [5, 5.41) is 0. The SMILES string of the molecule is CC1=C[C@H]([C@@H]2CCCN2C(=O)OCc2ccccc2)OC1=O. The fourth-order valence-corrected chi connectivity index (χ4v) is 2.92. The molecule has 0 aliphatic carbocycles. The topological polar surface area (TPSA) is 55.8 Å². The first-order chi connectivity index (χ1) is 10.6. The Morgan fingerprint density at radius 2 is 2.14 bits per heavy atom. The predicted molar refractivity (Wildman–Crippen MR) is 80.0 cm³/mol. The van der Waals surface area contributed by atoms with Crippen LogP contribution in [0.15, 0.2) is 42.0 Å². The van der Waals surface area contributed by atoms with Gasteiger partial charge in [0.25, 0.3) is 0 Å². The number of rotatable bonds is 3. The second-order valence-corrected chi connectivity index (χ2v) is 5.66. The number of hydrogen-bond donors (Lipinski definition) is 0. The number of carbonyl (C=O) groups excluding carboxylic acids is 2. The molecule has 2 heterocycles. The summed E-state index contributed by atoms with van der Waals surface area (Å²) in [6.07, 6.45) is 2.82. The molecule has 1 fully saturated rings. The smallest absolute Gasteiger partial charge is 0.410 e. The van der Waals surface area contributed by atoms with E-state index in [4.69, 9.17) is 9.47 Å². The van der Waals surface area contributed by atoms with Gasteiger partial charge in [-0.05, 0) is 31.4 Å². The van der Waals surface area contributed by atoms with Gasteiger partial charge in [0.1, 0.15) is 12.7 Å². The van der Waals surface area contributed by atoms with Gasteiger partial charge in [0.05, 0.1) is 6.04 Å². The van der Waals surface area contributed by atoms with E-state index in [0.29, 0.717) is 12.1 Å². The Kier molecular flexibility index (Phi) is 4.13. The van der Waals surface area contributed by atoms with Crippen LogP contribution >= 0.6 is 0 Å². The fraction of sp³-hybridized carbons (Fsp3) is 0.412. The van der Waals surface area contributed by atoms with Crippen molar-refractivity contribution in [2.24, 2.45) is 0 Å². The van der Waals surface area contributed by atoms with Gasteiger partial charge < -0.3 is 14.4 Å². The summed E-state index contributed by atoms with van der Waals surface area (Å²) in [4.78, 5) is 25.5. The lowest BCUT2D eigenvalue weighted by Gasteiger charge is -2.27. The molecule has 0 spiro atoms. The van der Waals surface area contributed by atoms with E-state index in [1.807, 2.05) is 30.3 Å². The van der Waals surface area contributed by atoms with E-state index < -0.39 is 0 Å². The van der Waals surface area contributed by atoms with E-state index in [2.05, 4.69) is 0 Å². The van der Waals surface area contributed by atoms with Gasteiger partial charge in [0, 0.05) is 12.1 Å². The van der Waals surface area contributed by atoms with Crippen LogP contribution in [0.2, 0.25) is 0 Å². The Morgan fingerprint density at radius 3 is 2.82 bits per heavy atom. The third-order valence-electron chi connectivity index (χ3n) is 4.10. The highest BCUT2D eigenvalue weighted by Crippen LogP contribution is 2.28. The van der Waals surface area contributed by atoms with Gasteiger partial charge in [-0.3, -0.25) is 0 Å². The predicted octanol–water partition coefficient (Wildman–Crippen LogP) is 2.66. The summed E-state index contributed by atoms with van der Waals surface area (Å²) in [5.41, 5.74) is 1.56. The van der Waals surface area contributed by atoms with Crippen LogP contribution in [0.25, 0.3) is 0 Å². The van der Waals surface area contributed by atoms with Gasteiger partial charge >= 0.3 is 12.1 Å². The molecule has 1 saturated heterocycles. The summed E-state index contributed by atoms with van der Waals surface area (Å²) in [7, 11) is 0. The molecule has 5 heteroatoms. The average Bonchev–Trinajstić information content (AvgIpc) is 3.13. The van der Waals surface area contributed by atoms with Gasteiger partial charge in [0.2, 0.25) is 0 Å². The summed E-state index contributed by atoms with van der Waals surface area (Å²) in [6.45, 7) is 2.62. The third-order valence-corrected chi connectivity index (χ3v) is 4.10. The molecule has 2 atom stereocenters. The van der Waals surface area contributed by atoms with E-state index in [9.17, 15) is 9.59 Å². The minimum absolute atomic E-state index is 0.121. The minimum Gasteiger partial charge on any atom is -0.453 e. The number of carbonyl (C=O) groups is 2. The van der Waals surface area contributed by atoms with Crippen LogP contribution in [0.5, 0.6) is 0 Å². The van der Waals surface area contributed by atoms with Crippen LogP contribution in [-0.2, 0) is 20.9 Å². The van der Waals surface area contributed by atoms with Crippen molar-refractivity contribution in [2.75, 3.05) is 6.54 Å². The zero-order valence-electron chi connectivity index (χ0n) is 12.5. The standard InChI is InChI=1S/C17H19NO4/c1-12-10-15(22-16(12)19)14-8-5-9-18(14)17(20)21-11-13-6-3-2-4-7-13/h2-4,6-7,10,14-15H,5,8-9,11H2,1H3/t14-,15+/m0/s1. The maximum Gasteiger partial charge on any atom is 0.410 e. The van der Waals surface area contributed by atoms with Crippen molar-refractivity contribution in [3.8, 4) is 0 Å². The van der Waals surface area contributed by atoms with Gasteiger partial charge in [-0.1, -0.05) is 30.3 Å². The van der Waals surface area contributed by atoms with Crippen LogP contribution in [0.4, 0.5) is 4.79 Å².